The van der Waals surface area contributed by atoms with Gasteiger partial charge in [-0.05, 0) is 50.3 Å². The number of nitrogens with zero attached hydrogens (tertiary/aromatic N) is 6. The van der Waals surface area contributed by atoms with Gasteiger partial charge < -0.3 is 9.42 Å². The van der Waals surface area contributed by atoms with Gasteiger partial charge in [-0.2, -0.15) is 10.1 Å². The lowest BCUT2D eigenvalue weighted by Gasteiger charge is -2.39. The van der Waals surface area contributed by atoms with Crippen LogP contribution in [0.25, 0.3) is 11.5 Å². The summed E-state index contributed by atoms with van der Waals surface area (Å²) in [4.78, 5) is 23.7. The fraction of sp³-hybridized carbons (Fsp3) is 0.500. The first-order valence-corrected chi connectivity index (χ1v) is 10.6. The topological polar surface area (TPSA) is 89.9 Å². The fourth-order valence-corrected chi connectivity index (χ4v) is 4.40. The Labute approximate surface area is 175 Å². The highest BCUT2D eigenvalue weighted by atomic mass is 16.5. The lowest BCUT2D eigenvalue weighted by molar-refractivity contribution is 0.0639. The van der Waals surface area contributed by atoms with Gasteiger partial charge in [0.05, 0.1) is 5.56 Å². The summed E-state index contributed by atoms with van der Waals surface area (Å²) in [5.41, 5.74) is 2.19. The number of hydrogen-bond acceptors (Lipinski definition) is 6. The van der Waals surface area contributed by atoms with Crippen molar-refractivity contribution < 1.29 is 9.32 Å². The van der Waals surface area contributed by atoms with Crippen LogP contribution < -0.4 is 0 Å². The summed E-state index contributed by atoms with van der Waals surface area (Å²) in [5.74, 6) is 2.01. The molecule has 0 spiro atoms. The molecule has 1 aliphatic heterocycles. The van der Waals surface area contributed by atoms with Gasteiger partial charge in [0.25, 0.3) is 11.8 Å². The number of hydrogen-bond donors (Lipinski definition) is 0. The molecule has 0 radical (unpaired) electrons. The largest absolute Gasteiger partial charge is 0.337 e. The van der Waals surface area contributed by atoms with Crippen molar-refractivity contribution in [3.05, 3.63) is 47.8 Å². The Morgan fingerprint density at radius 2 is 2.10 bits per heavy atom. The summed E-state index contributed by atoms with van der Waals surface area (Å²) in [7, 11) is 1.86. The van der Waals surface area contributed by atoms with Crippen LogP contribution in [0.3, 0.4) is 0 Å². The Hall–Kier alpha value is -3.03. The molecule has 156 valence electrons. The fourth-order valence-electron chi connectivity index (χ4n) is 4.40. The van der Waals surface area contributed by atoms with E-state index in [1.807, 2.05) is 37.1 Å². The number of carbonyl (C=O) groups excluding carboxylic acids is 1. The van der Waals surface area contributed by atoms with Crippen LogP contribution in [0.4, 0.5) is 0 Å². The Balaban J connectivity index is 1.36. The van der Waals surface area contributed by atoms with Crippen LogP contribution >= 0.6 is 0 Å². The molecule has 30 heavy (non-hydrogen) atoms. The van der Waals surface area contributed by atoms with Gasteiger partial charge in [-0.3, -0.25) is 14.5 Å². The molecule has 2 aliphatic rings. The Kier molecular flexibility index (Phi) is 4.64. The molecular weight excluding hydrogens is 380 g/mol. The van der Waals surface area contributed by atoms with Crippen molar-refractivity contribution in [3.8, 4) is 11.5 Å². The van der Waals surface area contributed by atoms with E-state index in [2.05, 4.69) is 15.2 Å². The third kappa shape index (κ3) is 3.51. The van der Waals surface area contributed by atoms with Crippen LogP contribution in [0.5, 0.6) is 0 Å². The molecule has 0 unspecified atom stereocenters. The van der Waals surface area contributed by atoms with Gasteiger partial charge in [0, 0.05) is 43.6 Å². The first-order chi connectivity index (χ1) is 14.5. The monoisotopic (exact) mass is 406 g/mol. The maximum absolute atomic E-state index is 12.9. The molecule has 0 aromatic carbocycles. The summed E-state index contributed by atoms with van der Waals surface area (Å²) in [5, 5.41) is 8.73. The van der Waals surface area contributed by atoms with Crippen molar-refractivity contribution in [3.63, 3.8) is 0 Å². The maximum atomic E-state index is 12.9. The molecule has 3 aromatic rings. The van der Waals surface area contributed by atoms with Crippen molar-refractivity contribution >= 4 is 5.91 Å². The van der Waals surface area contributed by atoms with Crippen molar-refractivity contribution in [2.75, 3.05) is 13.1 Å². The summed E-state index contributed by atoms with van der Waals surface area (Å²) < 4.78 is 7.34. The van der Waals surface area contributed by atoms with E-state index in [4.69, 9.17) is 9.51 Å². The molecule has 1 amide bonds. The highest BCUT2D eigenvalue weighted by molar-refractivity contribution is 5.92. The number of aromatic nitrogens is 5. The van der Waals surface area contributed by atoms with Crippen LogP contribution in [0.2, 0.25) is 0 Å². The van der Waals surface area contributed by atoms with Crippen molar-refractivity contribution in [2.24, 2.45) is 13.0 Å². The summed E-state index contributed by atoms with van der Waals surface area (Å²) in [6.07, 6.45) is 8.74. The van der Waals surface area contributed by atoms with E-state index < -0.39 is 0 Å². The lowest BCUT2D eigenvalue weighted by Crippen LogP contribution is -2.46. The number of pyridine rings is 1. The average molecular weight is 406 g/mol. The second kappa shape index (κ2) is 7.34. The molecule has 1 saturated heterocycles. The number of amides is 1. The molecule has 1 saturated carbocycles. The Morgan fingerprint density at radius 1 is 1.30 bits per heavy atom. The quantitative estimate of drug-likeness (QED) is 0.647. The smallest absolute Gasteiger partial charge is 0.274 e. The Morgan fingerprint density at radius 3 is 2.73 bits per heavy atom. The van der Waals surface area contributed by atoms with Crippen LogP contribution in [0.15, 0.2) is 35.1 Å². The van der Waals surface area contributed by atoms with E-state index in [1.165, 1.54) is 12.8 Å². The SMILES string of the molecule is Cc1cc(C(=O)N2CCC(CC3CC3)(c3noc(-c4cccnc4)n3)CC2)nn1C. The van der Waals surface area contributed by atoms with E-state index in [9.17, 15) is 4.79 Å². The predicted molar refractivity (Wildman–Crippen MR) is 110 cm³/mol. The highest BCUT2D eigenvalue weighted by Crippen LogP contribution is 2.46. The second-order valence-corrected chi connectivity index (χ2v) is 8.68. The molecule has 0 bridgehead atoms. The van der Waals surface area contributed by atoms with Crippen LogP contribution in [-0.4, -0.2) is 48.8 Å². The zero-order valence-electron chi connectivity index (χ0n) is 17.4. The second-order valence-electron chi connectivity index (χ2n) is 8.68. The number of likely N-dealkylation sites (tertiary alicyclic amines) is 1. The van der Waals surface area contributed by atoms with Gasteiger partial charge in [-0.1, -0.05) is 18.0 Å². The zero-order valence-corrected chi connectivity index (χ0v) is 17.4. The molecule has 0 N–H and O–H groups in total. The van der Waals surface area contributed by atoms with E-state index in [0.29, 0.717) is 24.7 Å². The van der Waals surface area contributed by atoms with Crippen LogP contribution in [-0.2, 0) is 12.5 Å². The third-order valence-electron chi connectivity index (χ3n) is 6.53. The summed E-state index contributed by atoms with van der Waals surface area (Å²) in [6, 6.07) is 5.64. The van der Waals surface area contributed by atoms with E-state index in [-0.39, 0.29) is 11.3 Å². The van der Waals surface area contributed by atoms with Gasteiger partial charge >= 0.3 is 0 Å². The van der Waals surface area contributed by atoms with Gasteiger partial charge in [-0.15, -0.1) is 0 Å². The van der Waals surface area contributed by atoms with Crippen LogP contribution in [0, 0.1) is 12.8 Å². The van der Waals surface area contributed by atoms with Gasteiger partial charge in [0.2, 0.25) is 0 Å². The molecule has 2 fully saturated rings. The minimum absolute atomic E-state index is 0.00267. The van der Waals surface area contributed by atoms with Gasteiger partial charge in [0.15, 0.2) is 11.5 Å². The van der Waals surface area contributed by atoms with Gasteiger partial charge in [-0.25, -0.2) is 0 Å². The maximum Gasteiger partial charge on any atom is 0.274 e. The average Bonchev–Trinajstić information content (AvgIpc) is 3.31. The number of piperidine rings is 1. The van der Waals surface area contributed by atoms with E-state index in [1.54, 1.807) is 17.1 Å². The van der Waals surface area contributed by atoms with Gasteiger partial charge in [0.1, 0.15) is 0 Å². The molecule has 3 aromatic heterocycles. The van der Waals surface area contributed by atoms with Crippen molar-refractivity contribution in [2.45, 2.75) is 44.4 Å². The number of carbonyl (C=O) groups is 1. The molecule has 1 aliphatic carbocycles. The molecule has 8 nitrogen and oxygen atoms in total. The number of aryl methyl sites for hydroxylation is 2. The predicted octanol–water partition coefficient (Wildman–Crippen LogP) is 3.15. The molecule has 4 heterocycles. The summed E-state index contributed by atoms with van der Waals surface area (Å²) in [6.45, 7) is 3.31. The van der Waals surface area contributed by atoms with Crippen LogP contribution in [0.1, 0.15) is 54.1 Å². The first kappa shape index (κ1) is 19.0. The first-order valence-electron chi connectivity index (χ1n) is 10.6. The number of rotatable bonds is 5. The van der Waals surface area contributed by atoms with Crippen molar-refractivity contribution in [1.29, 1.82) is 0 Å². The minimum atomic E-state index is -0.137. The standard InChI is InChI=1S/C22H26N6O2/c1-15-12-18(25-27(15)2)20(29)28-10-7-22(8-11-28,13-16-5-6-16)21-24-19(30-26-21)17-4-3-9-23-14-17/h3-4,9,12,14,16H,5-8,10-11,13H2,1-2H3. The highest BCUT2D eigenvalue weighted by Gasteiger charge is 2.45. The third-order valence-corrected chi connectivity index (χ3v) is 6.53. The normalized spacial score (nSPS) is 18.5. The molecule has 8 heteroatoms. The van der Waals surface area contributed by atoms with E-state index in [0.717, 1.165) is 42.3 Å². The molecular formula is C22H26N6O2. The lowest BCUT2D eigenvalue weighted by atomic mass is 9.73. The minimum Gasteiger partial charge on any atom is -0.337 e. The summed E-state index contributed by atoms with van der Waals surface area (Å²) >= 11 is 0. The van der Waals surface area contributed by atoms with Crippen molar-refractivity contribution in [1.82, 2.24) is 29.8 Å². The molecule has 5 rings (SSSR count). The van der Waals surface area contributed by atoms with E-state index >= 15 is 0 Å². The molecule has 0 atom stereocenters. The Bertz CT molecular complexity index is 1030. The zero-order chi connectivity index (χ0) is 20.7.